The molecule has 3 heteroatoms. The quantitative estimate of drug-likeness (QED) is 0.578. The molecule has 58 valence electrons. The number of aryl methyl sites for hydroxylation is 1. The van der Waals surface area contributed by atoms with Crippen molar-refractivity contribution in [1.82, 2.24) is 9.55 Å². The predicted octanol–water partition coefficient (Wildman–Crippen LogP) is 0.571. The number of carbonyl (C=O) groups is 1. The van der Waals surface area contributed by atoms with E-state index in [2.05, 4.69) is 4.98 Å². The van der Waals surface area contributed by atoms with Crippen LogP contribution >= 0.6 is 0 Å². The zero-order chi connectivity index (χ0) is 7.68. The molecular formula is C8H10N2O. The lowest BCUT2D eigenvalue weighted by atomic mass is 10.3. The van der Waals surface area contributed by atoms with Crippen molar-refractivity contribution in [3.8, 4) is 0 Å². The Morgan fingerprint density at radius 2 is 2.55 bits per heavy atom. The van der Waals surface area contributed by atoms with Gasteiger partial charge in [-0.05, 0) is 19.3 Å². The van der Waals surface area contributed by atoms with Gasteiger partial charge in [-0.15, -0.1) is 0 Å². The molecule has 2 rings (SSSR count). The summed E-state index contributed by atoms with van der Waals surface area (Å²) in [6, 6.07) is 0. The number of aldehydes is 1. The third-order valence-corrected chi connectivity index (χ3v) is 2.13. The van der Waals surface area contributed by atoms with Gasteiger partial charge in [-0.25, -0.2) is 4.98 Å². The van der Waals surface area contributed by atoms with Crippen molar-refractivity contribution in [3.05, 3.63) is 17.7 Å². The van der Waals surface area contributed by atoms with Crippen LogP contribution in [0.25, 0.3) is 0 Å². The normalized spacial score (nSPS) is 14.9. The van der Waals surface area contributed by atoms with E-state index in [0.717, 1.165) is 19.1 Å². The first-order valence-electron chi connectivity index (χ1n) is 3.88. The third-order valence-electron chi connectivity index (χ3n) is 2.13. The van der Waals surface area contributed by atoms with Crippen LogP contribution < -0.4 is 0 Å². The van der Waals surface area contributed by atoms with Crippen LogP contribution in [0.5, 0.6) is 0 Å². The molecule has 1 aliphatic carbocycles. The SMILES string of the molecule is O=CCn1cnc2c1CCC2. The Kier molecular flexibility index (Phi) is 1.49. The average Bonchev–Trinajstić information content (AvgIpc) is 2.53. The Hall–Kier alpha value is -1.12. The van der Waals surface area contributed by atoms with E-state index in [9.17, 15) is 4.79 Å². The van der Waals surface area contributed by atoms with E-state index >= 15 is 0 Å². The molecule has 0 atom stereocenters. The molecule has 0 aromatic carbocycles. The van der Waals surface area contributed by atoms with Crippen LogP contribution in [0.3, 0.4) is 0 Å². The Bertz CT molecular complexity index is 278. The molecule has 0 spiro atoms. The maximum absolute atomic E-state index is 10.2. The molecule has 0 radical (unpaired) electrons. The second-order valence-electron chi connectivity index (χ2n) is 2.81. The molecule has 1 aromatic heterocycles. The van der Waals surface area contributed by atoms with Gasteiger partial charge in [-0.3, -0.25) is 0 Å². The maximum Gasteiger partial charge on any atom is 0.139 e. The Morgan fingerprint density at radius 3 is 3.36 bits per heavy atom. The lowest BCUT2D eigenvalue weighted by Crippen LogP contribution is -2.00. The van der Waals surface area contributed by atoms with Gasteiger partial charge >= 0.3 is 0 Å². The Labute approximate surface area is 65.1 Å². The summed E-state index contributed by atoms with van der Waals surface area (Å²) in [5.74, 6) is 0. The fraction of sp³-hybridized carbons (Fsp3) is 0.500. The lowest BCUT2D eigenvalue weighted by molar-refractivity contribution is -0.108. The molecule has 0 unspecified atom stereocenters. The topological polar surface area (TPSA) is 34.9 Å². The van der Waals surface area contributed by atoms with E-state index in [1.807, 2.05) is 4.57 Å². The van der Waals surface area contributed by atoms with Crippen LogP contribution in [0.4, 0.5) is 0 Å². The summed E-state index contributed by atoms with van der Waals surface area (Å²) in [6.07, 6.45) is 6.04. The molecule has 1 aliphatic rings. The molecule has 0 amide bonds. The fourth-order valence-electron chi connectivity index (χ4n) is 1.61. The molecule has 3 nitrogen and oxygen atoms in total. The van der Waals surface area contributed by atoms with Crippen LogP contribution in [0.15, 0.2) is 6.33 Å². The maximum atomic E-state index is 10.2. The average molecular weight is 150 g/mol. The van der Waals surface area contributed by atoms with Gasteiger partial charge in [-0.1, -0.05) is 0 Å². The highest BCUT2D eigenvalue weighted by atomic mass is 16.1. The predicted molar refractivity (Wildman–Crippen MR) is 40.3 cm³/mol. The number of rotatable bonds is 2. The van der Waals surface area contributed by atoms with Gasteiger partial charge < -0.3 is 9.36 Å². The second kappa shape index (κ2) is 2.49. The van der Waals surface area contributed by atoms with Crippen molar-refractivity contribution in [2.75, 3.05) is 0 Å². The van der Waals surface area contributed by atoms with Gasteiger partial charge in [0, 0.05) is 5.69 Å². The van der Waals surface area contributed by atoms with Gasteiger partial charge in [0.15, 0.2) is 0 Å². The van der Waals surface area contributed by atoms with E-state index in [-0.39, 0.29) is 0 Å². The number of hydrogen-bond donors (Lipinski definition) is 0. The number of imidazole rings is 1. The highest BCUT2D eigenvalue weighted by Crippen LogP contribution is 2.19. The van der Waals surface area contributed by atoms with Crippen LogP contribution in [0, 0.1) is 0 Å². The number of nitrogens with zero attached hydrogens (tertiary/aromatic N) is 2. The highest BCUT2D eigenvalue weighted by Gasteiger charge is 2.15. The molecule has 0 N–H and O–H groups in total. The van der Waals surface area contributed by atoms with Gasteiger partial charge in [0.25, 0.3) is 0 Å². The van der Waals surface area contributed by atoms with Gasteiger partial charge in [0.05, 0.1) is 18.6 Å². The molecule has 1 heterocycles. The lowest BCUT2D eigenvalue weighted by Gasteiger charge is -1.98. The summed E-state index contributed by atoms with van der Waals surface area (Å²) in [4.78, 5) is 14.4. The summed E-state index contributed by atoms with van der Waals surface area (Å²) < 4.78 is 1.94. The zero-order valence-electron chi connectivity index (χ0n) is 6.29. The number of hydrogen-bond acceptors (Lipinski definition) is 2. The minimum Gasteiger partial charge on any atom is -0.327 e. The molecule has 0 bridgehead atoms. The van der Waals surface area contributed by atoms with Crippen molar-refractivity contribution in [1.29, 1.82) is 0 Å². The molecule has 0 aliphatic heterocycles. The summed E-state index contributed by atoms with van der Waals surface area (Å²) in [5.41, 5.74) is 2.45. The van der Waals surface area contributed by atoms with Gasteiger partial charge in [0.1, 0.15) is 6.29 Å². The van der Waals surface area contributed by atoms with E-state index in [4.69, 9.17) is 0 Å². The standard InChI is InChI=1S/C8H10N2O/c11-5-4-10-6-9-7-2-1-3-8(7)10/h5-6H,1-4H2. The minimum atomic E-state index is 0.461. The van der Waals surface area contributed by atoms with Crippen LogP contribution in [-0.4, -0.2) is 15.8 Å². The highest BCUT2D eigenvalue weighted by molar-refractivity contribution is 5.49. The smallest absolute Gasteiger partial charge is 0.139 e. The van der Waals surface area contributed by atoms with E-state index < -0.39 is 0 Å². The first-order valence-corrected chi connectivity index (χ1v) is 3.88. The monoisotopic (exact) mass is 150 g/mol. The Balaban J connectivity index is 2.34. The summed E-state index contributed by atoms with van der Waals surface area (Å²) in [6.45, 7) is 0.461. The van der Waals surface area contributed by atoms with Crippen molar-refractivity contribution in [2.45, 2.75) is 25.8 Å². The van der Waals surface area contributed by atoms with Crippen molar-refractivity contribution in [3.63, 3.8) is 0 Å². The van der Waals surface area contributed by atoms with Crippen LogP contribution in [-0.2, 0) is 24.2 Å². The van der Waals surface area contributed by atoms with E-state index in [1.54, 1.807) is 6.33 Å². The minimum absolute atomic E-state index is 0.461. The summed E-state index contributed by atoms with van der Waals surface area (Å²) in [5, 5.41) is 0. The molecular weight excluding hydrogens is 140 g/mol. The molecule has 0 saturated heterocycles. The van der Waals surface area contributed by atoms with Gasteiger partial charge in [0.2, 0.25) is 0 Å². The number of carbonyl (C=O) groups excluding carboxylic acids is 1. The van der Waals surface area contributed by atoms with Gasteiger partial charge in [-0.2, -0.15) is 0 Å². The summed E-state index contributed by atoms with van der Waals surface area (Å²) in [7, 11) is 0. The third kappa shape index (κ3) is 0.964. The molecule has 0 fully saturated rings. The number of fused-ring (bicyclic) bond motifs is 1. The molecule has 1 aromatic rings. The first kappa shape index (κ1) is 6.58. The fourth-order valence-corrected chi connectivity index (χ4v) is 1.61. The van der Waals surface area contributed by atoms with E-state index in [0.29, 0.717) is 6.54 Å². The molecule has 11 heavy (non-hydrogen) atoms. The van der Waals surface area contributed by atoms with Crippen LogP contribution in [0.1, 0.15) is 17.8 Å². The van der Waals surface area contributed by atoms with Crippen molar-refractivity contribution < 1.29 is 4.79 Å². The largest absolute Gasteiger partial charge is 0.327 e. The summed E-state index contributed by atoms with van der Waals surface area (Å²) >= 11 is 0. The Morgan fingerprint density at radius 1 is 1.64 bits per heavy atom. The first-order chi connectivity index (χ1) is 5.42. The second-order valence-corrected chi connectivity index (χ2v) is 2.81. The van der Waals surface area contributed by atoms with E-state index in [1.165, 1.54) is 17.8 Å². The van der Waals surface area contributed by atoms with Crippen LogP contribution in [0.2, 0.25) is 0 Å². The molecule has 0 saturated carbocycles. The van der Waals surface area contributed by atoms with Crippen molar-refractivity contribution in [2.24, 2.45) is 0 Å². The van der Waals surface area contributed by atoms with Crippen molar-refractivity contribution >= 4 is 6.29 Å². The number of aromatic nitrogens is 2. The zero-order valence-corrected chi connectivity index (χ0v) is 6.29.